The predicted octanol–water partition coefficient (Wildman–Crippen LogP) is 5.34. The molecule has 180 valence electrons. The van der Waals surface area contributed by atoms with E-state index in [2.05, 4.69) is 38.0 Å². The molecule has 0 aliphatic carbocycles. The zero-order chi connectivity index (χ0) is 24.5. The molecule has 1 amide bonds. The summed E-state index contributed by atoms with van der Waals surface area (Å²) in [7, 11) is 0. The van der Waals surface area contributed by atoms with Crippen molar-refractivity contribution >= 4 is 55.9 Å². The van der Waals surface area contributed by atoms with E-state index in [1.54, 1.807) is 19.1 Å². The Morgan fingerprint density at radius 3 is 2.71 bits per heavy atom. The number of aryl methyl sites for hydroxylation is 1. The number of benzene rings is 1. The summed E-state index contributed by atoms with van der Waals surface area (Å²) in [6.45, 7) is 8.51. The first-order valence-corrected chi connectivity index (χ1v) is 13.2. The Hall–Kier alpha value is -2.63. The summed E-state index contributed by atoms with van der Waals surface area (Å²) in [6.07, 6.45) is 2.50. The van der Waals surface area contributed by atoms with Crippen LogP contribution in [-0.2, 0) is 29.1 Å². The topological polar surface area (TPSA) is 95.3 Å². The Kier molecular flexibility index (Phi) is 9.73. The van der Waals surface area contributed by atoms with E-state index in [-0.39, 0.29) is 24.9 Å². The summed E-state index contributed by atoms with van der Waals surface area (Å²) in [5.41, 5.74) is 0.379. The lowest BCUT2D eigenvalue weighted by Crippen LogP contribution is -2.16. The third kappa shape index (κ3) is 6.94. The zero-order valence-electron chi connectivity index (χ0n) is 18.9. The second-order valence-electron chi connectivity index (χ2n) is 6.91. The highest BCUT2D eigenvalue weighted by atomic mass is 79.9. The normalized spacial score (nSPS) is 10.7. The summed E-state index contributed by atoms with van der Waals surface area (Å²) >= 11 is 6.03. The fourth-order valence-corrected chi connectivity index (χ4v) is 4.92. The van der Waals surface area contributed by atoms with E-state index in [0.717, 1.165) is 15.8 Å². The average Bonchev–Trinajstić information content (AvgIpc) is 3.41. The van der Waals surface area contributed by atoms with Gasteiger partial charge in [-0.1, -0.05) is 40.7 Å². The molecule has 0 unspecified atom stereocenters. The SMILES string of the molecule is C=CCn1c(COc2ccc(Br)cc2)nnc1SCC(=O)Nc1sc(CC)cc1C(=O)OCC. The first-order valence-electron chi connectivity index (χ1n) is 10.6. The van der Waals surface area contributed by atoms with Crippen molar-refractivity contribution in [1.82, 2.24) is 14.8 Å². The minimum Gasteiger partial charge on any atom is -0.486 e. The number of carbonyl (C=O) groups is 2. The van der Waals surface area contributed by atoms with Gasteiger partial charge in [0.15, 0.2) is 11.0 Å². The molecule has 11 heteroatoms. The number of anilines is 1. The highest BCUT2D eigenvalue weighted by Gasteiger charge is 2.20. The van der Waals surface area contributed by atoms with Crippen LogP contribution in [0.15, 0.2) is 52.6 Å². The van der Waals surface area contributed by atoms with Crippen molar-refractivity contribution in [3.05, 3.63) is 63.7 Å². The van der Waals surface area contributed by atoms with Gasteiger partial charge in [-0.25, -0.2) is 4.79 Å². The van der Waals surface area contributed by atoms with Crippen LogP contribution in [0.5, 0.6) is 5.75 Å². The summed E-state index contributed by atoms with van der Waals surface area (Å²) in [4.78, 5) is 25.9. The summed E-state index contributed by atoms with van der Waals surface area (Å²) < 4.78 is 13.7. The number of amides is 1. The van der Waals surface area contributed by atoms with Crippen molar-refractivity contribution in [3.8, 4) is 5.75 Å². The molecule has 0 saturated carbocycles. The first-order chi connectivity index (χ1) is 16.4. The molecular weight excluding hydrogens is 540 g/mol. The fraction of sp³-hybridized carbons (Fsp3) is 0.304. The largest absolute Gasteiger partial charge is 0.486 e. The van der Waals surface area contributed by atoms with E-state index in [1.807, 2.05) is 35.8 Å². The minimum atomic E-state index is -0.442. The van der Waals surface area contributed by atoms with E-state index in [1.165, 1.54) is 23.1 Å². The number of nitrogens with zero attached hydrogens (tertiary/aromatic N) is 3. The third-order valence-corrected chi connectivity index (χ3v) is 7.19. The van der Waals surface area contributed by atoms with Crippen LogP contribution in [0.1, 0.15) is 34.9 Å². The Bertz CT molecular complexity index is 1140. The number of nitrogens with one attached hydrogen (secondary N) is 1. The predicted molar refractivity (Wildman–Crippen MR) is 138 cm³/mol. The van der Waals surface area contributed by atoms with Gasteiger partial charge in [-0.2, -0.15) is 0 Å². The van der Waals surface area contributed by atoms with Crippen LogP contribution in [0.2, 0.25) is 0 Å². The number of carbonyl (C=O) groups excluding carboxylic acids is 2. The highest BCUT2D eigenvalue weighted by molar-refractivity contribution is 9.10. The quantitative estimate of drug-likeness (QED) is 0.180. The lowest BCUT2D eigenvalue weighted by atomic mass is 10.2. The van der Waals surface area contributed by atoms with Gasteiger partial charge in [0.1, 0.15) is 17.4 Å². The second-order valence-corrected chi connectivity index (χ2v) is 9.90. The zero-order valence-corrected chi connectivity index (χ0v) is 22.1. The summed E-state index contributed by atoms with van der Waals surface area (Å²) in [5, 5.41) is 12.4. The van der Waals surface area contributed by atoms with Crippen molar-refractivity contribution in [3.63, 3.8) is 0 Å². The van der Waals surface area contributed by atoms with E-state index >= 15 is 0 Å². The molecule has 0 aliphatic heterocycles. The lowest BCUT2D eigenvalue weighted by Gasteiger charge is -2.09. The van der Waals surface area contributed by atoms with Gasteiger partial charge in [0.05, 0.1) is 17.9 Å². The Labute approximate surface area is 214 Å². The summed E-state index contributed by atoms with van der Waals surface area (Å²) in [6, 6.07) is 9.28. The average molecular weight is 566 g/mol. The number of esters is 1. The molecule has 3 rings (SSSR count). The molecule has 1 aromatic carbocycles. The van der Waals surface area contributed by atoms with Crippen molar-refractivity contribution < 1.29 is 19.1 Å². The molecule has 0 radical (unpaired) electrons. The fourth-order valence-electron chi connectivity index (χ4n) is 2.89. The van der Waals surface area contributed by atoms with Gasteiger partial charge in [-0.3, -0.25) is 9.36 Å². The van der Waals surface area contributed by atoms with Gasteiger partial charge in [0.25, 0.3) is 0 Å². The van der Waals surface area contributed by atoms with Crippen LogP contribution in [-0.4, -0.2) is 39.0 Å². The van der Waals surface area contributed by atoms with Crippen LogP contribution in [0.3, 0.4) is 0 Å². The number of ether oxygens (including phenoxy) is 2. The van der Waals surface area contributed by atoms with Crippen LogP contribution in [0.4, 0.5) is 5.00 Å². The molecule has 0 atom stereocenters. The number of allylic oxidation sites excluding steroid dienone is 1. The maximum atomic E-state index is 12.6. The molecule has 2 aromatic heterocycles. The molecule has 0 fully saturated rings. The second kappa shape index (κ2) is 12.7. The number of halogens is 1. The maximum absolute atomic E-state index is 12.6. The maximum Gasteiger partial charge on any atom is 0.341 e. The van der Waals surface area contributed by atoms with Gasteiger partial charge in [0, 0.05) is 15.9 Å². The molecule has 0 bridgehead atoms. The van der Waals surface area contributed by atoms with Gasteiger partial charge >= 0.3 is 5.97 Å². The molecule has 0 saturated heterocycles. The molecule has 34 heavy (non-hydrogen) atoms. The van der Waals surface area contributed by atoms with E-state index in [9.17, 15) is 9.59 Å². The van der Waals surface area contributed by atoms with E-state index in [0.29, 0.717) is 33.8 Å². The third-order valence-electron chi connectivity index (χ3n) is 4.50. The Balaban J connectivity index is 1.64. The van der Waals surface area contributed by atoms with Crippen LogP contribution in [0.25, 0.3) is 0 Å². The number of hydrogen-bond donors (Lipinski definition) is 1. The number of hydrogen-bond acceptors (Lipinski definition) is 8. The lowest BCUT2D eigenvalue weighted by molar-refractivity contribution is -0.113. The molecule has 0 aliphatic rings. The summed E-state index contributed by atoms with van der Waals surface area (Å²) in [5.74, 6) is 0.749. The van der Waals surface area contributed by atoms with Crippen molar-refractivity contribution in [2.75, 3.05) is 17.7 Å². The van der Waals surface area contributed by atoms with Crippen LogP contribution in [0, 0.1) is 0 Å². The van der Waals surface area contributed by atoms with E-state index < -0.39 is 5.97 Å². The molecular formula is C23H25BrN4O4S2. The molecule has 8 nitrogen and oxygen atoms in total. The van der Waals surface area contributed by atoms with E-state index in [4.69, 9.17) is 9.47 Å². The van der Waals surface area contributed by atoms with Gasteiger partial charge < -0.3 is 14.8 Å². The minimum absolute atomic E-state index is 0.102. The van der Waals surface area contributed by atoms with Crippen molar-refractivity contribution in [2.24, 2.45) is 0 Å². The van der Waals surface area contributed by atoms with Gasteiger partial charge in [-0.15, -0.1) is 28.1 Å². The molecule has 3 aromatic rings. The standard InChI is InChI=1S/C23H25BrN4O4S2/c1-4-11-28-19(13-32-16-9-7-15(24)8-10-16)26-27-23(28)33-14-20(29)25-21-18(22(30)31-6-3)12-17(5-2)34-21/h4,7-10,12H,1,5-6,11,13-14H2,2-3H3,(H,25,29). The highest BCUT2D eigenvalue weighted by Crippen LogP contribution is 2.30. The first kappa shape index (κ1) is 26.0. The Morgan fingerprint density at radius 1 is 1.26 bits per heavy atom. The monoisotopic (exact) mass is 564 g/mol. The van der Waals surface area contributed by atoms with Crippen LogP contribution < -0.4 is 10.1 Å². The molecule has 2 heterocycles. The number of thiophene rings is 1. The molecule has 0 spiro atoms. The number of rotatable bonds is 12. The van der Waals surface area contributed by atoms with Gasteiger partial charge in [0.2, 0.25) is 5.91 Å². The van der Waals surface area contributed by atoms with Crippen molar-refractivity contribution in [1.29, 1.82) is 0 Å². The smallest absolute Gasteiger partial charge is 0.341 e. The molecule has 1 N–H and O–H groups in total. The van der Waals surface area contributed by atoms with Gasteiger partial charge in [-0.05, 0) is 43.7 Å². The van der Waals surface area contributed by atoms with Crippen molar-refractivity contribution in [2.45, 2.75) is 38.6 Å². The van der Waals surface area contributed by atoms with Crippen LogP contribution >= 0.6 is 39.0 Å². The Morgan fingerprint density at radius 2 is 2.03 bits per heavy atom. The number of thioether (sulfide) groups is 1. The number of aromatic nitrogens is 3.